The molecule has 0 aliphatic carbocycles. The molecular weight excluding hydrogens is 432 g/mol. The molecule has 0 unspecified atom stereocenters. The van der Waals surface area contributed by atoms with E-state index in [4.69, 9.17) is 0 Å². The van der Waals surface area contributed by atoms with Crippen LogP contribution in [0.3, 0.4) is 0 Å². The predicted octanol–water partition coefficient (Wildman–Crippen LogP) is 4.97. The summed E-state index contributed by atoms with van der Waals surface area (Å²) >= 11 is 0. The molecule has 4 nitrogen and oxygen atoms in total. The second kappa shape index (κ2) is 8.22. The lowest BCUT2D eigenvalue weighted by Gasteiger charge is -2.16. The van der Waals surface area contributed by atoms with Gasteiger partial charge in [0.2, 0.25) is 16.3 Å². The second-order valence-electron chi connectivity index (χ2n) is 8.01. The molecule has 1 heterocycles. The standard InChI is InChI=1S/C25H22F2NO3S/c1-4-21-22(14-29)24(26)16(3)23(25(21)27)17-7-8-18-12-28(13-19(18)11-17)32(30,31)20-9-5-15(2)6-10-20/h5-11H,4,12-13H2,1-3H3. The van der Waals surface area contributed by atoms with Gasteiger partial charge in [-0.1, -0.05) is 36.8 Å². The second-order valence-corrected chi connectivity index (χ2v) is 9.94. The first-order chi connectivity index (χ1) is 15.2. The van der Waals surface area contributed by atoms with E-state index in [1.165, 1.54) is 17.5 Å². The molecule has 1 aliphatic heterocycles. The van der Waals surface area contributed by atoms with Crippen molar-refractivity contribution in [3.05, 3.63) is 87.5 Å². The van der Waals surface area contributed by atoms with Crippen molar-refractivity contribution in [1.29, 1.82) is 0 Å². The summed E-state index contributed by atoms with van der Waals surface area (Å²) in [5.41, 5.74) is 2.69. The average molecular weight is 455 g/mol. The maximum absolute atomic E-state index is 15.3. The number of hydrogen-bond donors (Lipinski definition) is 0. The van der Waals surface area contributed by atoms with E-state index in [0.29, 0.717) is 5.56 Å². The molecule has 1 aliphatic rings. The van der Waals surface area contributed by atoms with E-state index in [0.717, 1.165) is 16.7 Å². The van der Waals surface area contributed by atoms with Gasteiger partial charge in [0.25, 0.3) is 0 Å². The summed E-state index contributed by atoms with van der Waals surface area (Å²) in [6, 6.07) is 11.8. The van der Waals surface area contributed by atoms with Crippen molar-refractivity contribution in [3.63, 3.8) is 0 Å². The van der Waals surface area contributed by atoms with Crippen molar-refractivity contribution < 1.29 is 22.0 Å². The van der Waals surface area contributed by atoms with E-state index >= 15 is 4.39 Å². The number of carbonyl (C=O) groups excluding carboxylic acids is 1. The highest BCUT2D eigenvalue weighted by Gasteiger charge is 2.31. The van der Waals surface area contributed by atoms with Crippen LogP contribution < -0.4 is 0 Å². The van der Waals surface area contributed by atoms with Gasteiger partial charge < -0.3 is 0 Å². The summed E-state index contributed by atoms with van der Waals surface area (Å²) < 4.78 is 57.5. The molecule has 0 spiro atoms. The van der Waals surface area contributed by atoms with Gasteiger partial charge in [-0.25, -0.2) is 17.2 Å². The predicted molar refractivity (Wildman–Crippen MR) is 118 cm³/mol. The molecule has 0 amide bonds. The quantitative estimate of drug-likeness (QED) is 0.547. The van der Waals surface area contributed by atoms with Crippen LogP contribution >= 0.6 is 0 Å². The first kappa shape index (κ1) is 22.3. The molecule has 165 valence electrons. The van der Waals surface area contributed by atoms with Crippen LogP contribution in [-0.4, -0.2) is 19.0 Å². The van der Waals surface area contributed by atoms with Crippen molar-refractivity contribution in [3.8, 4) is 11.1 Å². The van der Waals surface area contributed by atoms with E-state index < -0.39 is 21.7 Å². The summed E-state index contributed by atoms with van der Waals surface area (Å²) in [5.74, 6) is -1.43. The number of nitrogens with zero attached hydrogens (tertiary/aromatic N) is 1. The summed E-state index contributed by atoms with van der Waals surface area (Å²) in [5, 5.41) is 0. The summed E-state index contributed by atoms with van der Waals surface area (Å²) in [4.78, 5) is 11.4. The molecule has 0 aromatic heterocycles. The highest BCUT2D eigenvalue weighted by molar-refractivity contribution is 7.89. The van der Waals surface area contributed by atoms with Gasteiger partial charge >= 0.3 is 0 Å². The Morgan fingerprint density at radius 1 is 0.969 bits per heavy atom. The van der Waals surface area contributed by atoms with E-state index in [9.17, 15) is 17.6 Å². The normalized spacial score (nSPS) is 13.9. The van der Waals surface area contributed by atoms with Crippen LogP contribution in [-0.2, 0) is 34.3 Å². The van der Waals surface area contributed by atoms with Crippen molar-refractivity contribution in [2.24, 2.45) is 0 Å². The molecule has 1 radical (unpaired) electrons. The van der Waals surface area contributed by atoms with Crippen LogP contribution in [0.15, 0.2) is 47.4 Å². The van der Waals surface area contributed by atoms with Gasteiger partial charge in [0, 0.05) is 24.2 Å². The van der Waals surface area contributed by atoms with E-state index in [2.05, 4.69) is 0 Å². The van der Waals surface area contributed by atoms with Crippen LogP contribution in [0.5, 0.6) is 0 Å². The van der Waals surface area contributed by atoms with Gasteiger partial charge in [-0.2, -0.15) is 4.31 Å². The molecule has 0 bridgehead atoms. The fourth-order valence-corrected chi connectivity index (χ4v) is 5.58. The lowest BCUT2D eigenvalue weighted by molar-refractivity contribution is 0.431. The Labute approximate surface area is 186 Å². The first-order valence-corrected chi connectivity index (χ1v) is 11.7. The Kier molecular flexibility index (Phi) is 5.73. The third-order valence-electron chi connectivity index (χ3n) is 6.01. The minimum Gasteiger partial charge on any atom is -0.285 e. The van der Waals surface area contributed by atoms with E-state index in [1.54, 1.807) is 49.4 Å². The Hall–Kier alpha value is -2.90. The minimum absolute atomic E-state index is 0.0119. The Balaban J connectivity index is 1.74. The zero-order chi connectivity index (χ0) is 23.2. The summed E-state index contributed by atoms with van der Waals surface area (Å²) in [7, 11) is -3.69. The smallest absolute Gasteiger partial charge is 0.243 e. The van der Waals surface area contributed by atoms with Crippen molar-refractivity contribution in [2.75, 3.05) is 0 Å². The Morgan fingerprint density at radius 3 is 2.25 bits per heavy atom. The van der Waals surface area contributed by atoms with Gasteiger partial charge in [0.15, 0.2) is 0 Å². The zero-order valence-corrected chi connectivity index (χ0v) is 18.8. The van der Waals surface area contributed by atoms with Gasteiger partial charge in [-0.15, -0.1) is 0 Å². The number of aryl methyl sites for hydroxylation is 1. The average Bonchev–Trinajstić information content (AvgIpc) is 3.21. The number of benzene rings is 3. The van der Waals surface area contributed by atoms with Gasteiger partial charge in [0.05, 0.1) is 10.5 Å². The van der Waals surface area contributed by atoms with Crippen LogP contribution in [0.4, 0.5) is 8.78 Å². The highest BCUT2D eigenvalue weighted by Crippen LogP contribution is 2.37. The largest absolute Gasteiger partial charge is 0.285 e. The number of sulfonamides is 1. The molecule has 0 saturated carbocycles. The third-order valence-corrected chi connectivity index (χ3v) is 7.82. The van der Waals surface area contributed by atoms with Gasteiger partial charge in [-0.3, -0.25) is 4.79 Å². The van der Waals surface area contributed by atoms with Gasteiger partial charge in [0.1, 0.15) is 11.6 Å². The van der Waals surface area contributed by atoms with Crippen molar-refractivity contribution >= 4 is 16.3 Å². The third kappa shape index (κ3) is 3.55. The maximum atomic E-state index is 15.3. The molecule has 3 aromatic carbocycles. The fraction of sp³-hybridized carbons (Fsp3) is 0.240. The molecule has 32 heavy (non-hydrogen) atoms. The van der Waals surface area contributed by atoms with Crippen molar-refractivity contribution in [2.45, 2.75) is 45.2 Å². The molecule has 0 atom stereocenters. The van der Waals surface area contributed by atoms with Crippen LogP contribution in [0.25, 0.3) is 11.1 Å². The molecule has 4 rings (SSSR count). The molecule has 0 saturated heterocycles. The number of hydrogen-bond acceptors (Lipinski definition) is 3. The molecule has 0 N–H and O–H groups in total. The first-order valence-electron chi connectivity index (χ1n) is 10.3. The Morgan fingerprint density at radius 2 is 1.62 bits per heavy atom. The lowest BCUT2D eigenvalue weighted by atomic mass is 9.91. The van der Waals surface area contributed by atoms with Crippen LogP contribution in [0, 0.1) is 25.5 Å². The topological polar surface area (TPSA) is 54.5 Å². The molecule has 0 fully saturated rings. The fourth-order valence-electron chi connectivity index (χ4n) is 4.18. The minimum atomic E-state index is -3.69. The van der Waals surface area contributed by atoms with Crippen molar-refractivity contribution in [1.82, 2.24) is 4.31 Å². The molecular formula is C25H22F2NO3S. The number of rotatable bonds is 5. The van der Waals surface area contributed by atoms with Crippen LogP contribution in [0.1, 0.15) is 40.3 Å². The summed E-state index contributed by atoms with van der Waals surface area (Å²) in [6.07, 6.45) is 1.67. The van der Waals surface area contributed by atoms with E-state index in [-0.39, 0.29) is 46.7 Å². The monoisotopic (exact) mass is 454 g/mol. The highest BCUT2D eigenvalue weighted by atomic mass is 32.2. The number of halogens is 2. The van der Waals surface area contributed by atoms with Crippen LogP contribution in [0.2, 0.25) is 0 Å². The molecule has 7 heteroatoms. The van der Waals surface area contributed by atoms with Gasteiger partial charge in [-0.05, 0) is 60.7 Å². The molecule has 3 aromatic rings. The number of fused-ring (bicyclic) bond motifs is 1. The zero-order valence-electron chi connectivity index (χ0n) is 18.0. The Bertz CT molecular complexity index is 1330. The van der Waals surface area contributed by atoms with E-state index in [1.807, 2.05) is 6.92 Å². The summed E-state index contributed by atoms with van der Waals surface area (Å²) in [6.45, 7) is 5.31. The SMILES string of the molecule is CCc1c(F)c(-c2ccc3c(c2)CN(S(=O)(=O)c2ccc(C)cc2)C3)c(C)c(F)c1[C]=O. The maximum Gasteiger partial charge on any atom is 0.243 e. The lowest BCUT2D eigenvalue weighted by Crippen LogP contribution is -2.25.